The van der Waals surface area contributed by atoms with E-state index in [1.165, 1.54) is 4.90 Å². The molecular weight excluding hydrogens is 457 g/mol. The van der Waals surface area contributed by atoms with Gasteiger partial charge >= 0.3 is 0 Å². The van der Waals surface area contributed by atoms with Gasteiger partial charge in [0.05, 0.1) is 21.7 Å². The molecule has 2 aromatic carbocycles. The number of nitrogens with zero attached hydrogens (tertiary/aromatic N) is 1. The number of methoxy groups -OCH3 is 1. The first-order valence-corrected chi connectivity index (χ1v) is 10.8. The highest BCUT2D eigenvalue weighted by atomic mass is 35.5. The Morgan fingerprint density at radius 1 is 1.09 bits per heavy atom. The Balaban J connectivity index is 1.82. The first-order chi connectivity index (χ1) is 15.4. The number of amides is 1. The predicted octanol–water partition coefficient (Wildman–Crippen LogP) is 4.22. The second-order valence-electron chi connectivity index (χ2n) is 7.37. The van der Waals surface area contributed by atoms with Crippen LogP contribution in [0, 0.1) is 0 Å². The summed E-state index contributed by atoms with van der Waals surface area (Å²) in [7, 11) is 1.56. The van der Waals surface area contributed by atoms with Crippen LogP contribution in [0.15, 0.2) is 42.0 Å². The number of carbonyl (C=O) groups excluding carboxylic acids is 2. The number of rotatable bonds is 6. The minimum absolute atomic E-state index is 0.0255. The van der Waals surface area contributed by atoms with Crippen molar-refractivity contribution in [2.75, 3.05) is 33.5 Å². The lowest BCUT2D eigenvalue weighted by Gasteiger charge is -2.25. The fraction of sp³-hybridized carbons (Fsp3) is 0.304. The molecule has 0 aliphatic carbocycles. The van der Waals surface area contributed by atoms with Crippen molar-refractivity contribution in [2.24, 2.45) is 0 Å². The number of carbonyl (C=O) groups is 2. The highest BCUT2D eigenvalue weighted by Gasteiger charge is 2.46. The number of ketones is 1. The minimum atomic E-state index is -0.824. The predicted molar refractivity (Wildman–Crippen MR) is 119 cm³/mol. The molecule has 0 aromatic heterocycles. The Morgan fingerprint density at radius 3 is 2.56 bits per heavy atom. The molecule has 32 heavy (non-hydrogen) atoms. The van der Waals surface area contributed by atoms with Gasteiger partial charge in [-0.1, -0.05) is 29.3 Å². The van der Waals surface area contributed by atoms with Crippen LogP contribution in [-0.4, -0.2) is 55.2 Å². The standard InChI is InChI=1S/C23H21Cl2NO6/c1-30-8-2-7-26-20(13-3-5-15(24)16(25)11-13)19(22(28)23(26)29)21(27)14-4-6-17-18(12-14)32-10-9-31-17/h3-6,11-12,20,27H,2,7-10H2,1H3. The summed E-state index contributed by atoms with van der Waals surface area (Å²) in [4.78, 5) is 27.4. The molecule has 0 spiro atoms. The maximum Gasteiger partial charge on any atom is 0.295 e. The zero-order chi connectivity index (χ0) is 22.8. The van der Waals surface area contributed by atoms with Crippen molar-refractivity contribution < 1.29 is 28.9 Å². The molecule has 1 amide bonds. The van der Waals surface area contributed by atoms with E-state index >= 15 is 0 Å². The number of fused-ring (bicyclic) bond motifs is 1. The van der Waals surface area contributed by atoms with Gasteiger partial charge < -0.3 is 24.2 Å². The number of Topliss-reactive ketones (excluding diaryl/α,β-unsaturated/α-hetero) is 1. The minimum Gasteiger partial charge on any atom is -0.507 e. The summed E-state index contributed by atoms with van der Waals surface area (Å²) in [6.07, 6.45) is 0.519. The third kappa shape index (κ3) is 4.16. The smallest absolute Gasteiger partial charge is 0.295 e. The molecule has 2 aliphatic heterocycles. The van der Waals surface area contributed by atoms with E-state index in [4.69, 9.17) is 37.4 Å². The highest BCUT2D eigenvalue weighted by molar-refractivity contribution is 6.46. The summed E-state index contributed by atoms with van der Waals surface area (Å²) >= 11 is 12.3. The third-order valence-corrected chi connectivity index (χ3v) is 6.10. The molecule has 1 saturated heterocycles. The van der Waals surface area contributed by atoms with Gasteiger partial charge in [0.15, 0.2) is 11.5 Å². The molecule has 4 rings (SSSR count). The van der Waals surface area contributed by atoms with Crippen molar-refractivity contribution in [2.45, 2.75) is 12.5 Å². The fourth-order valence-electron chi connectivity index (χ4n) is 3.87. The molecular formula is C23H21Cl2NO6. The van der Waals surface area contributed by atoms with Crippen LogP contribution in [0.1, 0.15) is 23.6 Å². The van der Waals surface area contributed by atoms with Crippen LogP contribution in [0.3, 0.4) is 0 Å². The number of hydrogen-bond acceptors (Lipinski definition) is 6. The maximum atomic E-state index is 13.0. The van der Waals surface area contributed by atoms with Crippen LogP contribution < -0.4 is 9.47 Å². The van der Waals surface area contributed by atoms with Crippen molar-refractivity contribution in [1.82, 2.24) is 4.90 Å². The summed E-state index contributed by atoms with van der Waals surface area (Å²) in [6, 6.07) is 8.92. The van der Waals surface area contributed by atoms with Gasteiger partial charge in [0.2, 0.25) is 0 Å². The molecule has 0 bridgehead atoms. The number of hydrogen-bond donors (Lipinski definition) is 1. The lowest BCUT2D eigenvalue weighted by molar-refractivity contribution is -0.140. The van der Waals surface area contributed by atoms with E-state index in [1.54, 1.807) is 43.5 Å². The highest BCUT2D eigenvalue weighted by Crippen LogP contribution is 2.42. The molecule has 2 aliphatic rings. The number of halogens is 2. The number of aliphatic hydroxyl groups excluding tert-OH is 1. The van der Waals surface area contributed by atoms with Crippen LogP contribution >= 0.6 is 23.2 Å². The number of likely N-dealkylation sites (tertiary alicyclic amines) is 1. The zero-order valence-corrected chi connectivity index (χ0v) is 18.8. The van der Waals surface area contributed by atoms with Crippen molar-refractivity contribution in [3.8, 4) is 11.5 Å². The van der Waals surface area contributed by atoms with Crippen molar-refractivity contribution in [3.05, 3.63) is 63.1 Å². The molecule has 168 valence electrons. The van der Waals surface area contributed by atoms with E-state index in [1.807, 2.05) is 0 Å². The Bertz CT molecular complexity index is 1100. The normalized spacial score (nSPS) is 19.5. The van der Waals surface area contributed by atoms with Crippen LogP contribution in [0.2, 0.25) is 10.0 Å². The number of aliphatic hydroxyl groups is 1. The van der Waals surface area contributed by atoms with Gasteiger partial charge in [0.25, 0.3) is 11.7 Å². The van der Waals surface area contributed by atoms with E-state index in [0.717, 1.165) is 0 Å². The average molecular weight is 478 g/mol. The largest absolute Gasteiger partial charge is 0.507 e. The monoisotopic (exact) mass is 477 g/mol. The maximum absolute atomic E-state index is 13.0. The molecule has 0 saturated carbocycles. The lowest BCUT2D eigenvalue weighted by atomic mass is 9.95. The van der Waals surface area contributed by atoms with Crippen molar-refractivity contribution >= 4 is 40.7 Å². The fourth-order valence-corrected chi connectivity index (χ4v) is 4.17. The zero-order valence-electron chi connectivity index (χ0n) is 17.3. The third-order valence-electron chi connectivity index (χ3n) is 5.36. The van der Waals surface area contributed by atoms with Crippen LogP contribution in [0.4, 0.5) is 0 Å². The molecule has 9 heteroatoms. The van der Waals surface area contributed by atoms with Gasteiger partial charge in [0.1, 0.15) is 19.0 Å². The Morgan fingerprint density at radius 2 is 1.84 bits per heavy atom. The molecule has 1 unspecified atom stereocenters. The van der Waals surface area contributed by atoms with Crippen LogP contribution in [-0.2, 0) is 14.3 Å². The molecule has 2 heterocycles. The Kier molecular flexibility index (Phi) is 6.60. The van der Waals surface area contributed by atoms with Crippen LogP contribution in [0.5, 0.6) is 11.5 Å². The Hall–Kier alpha value is -2.74. The van der Waals surface area contributed by atoms with Gasteiger partial charge in [-0.3, -0.25) is 9.59 Å². The van der Waals surface area contributed by atoms with E-state index in [-0.39, 0.29) is 22.9 Å². The summed E-state index contributed by atoms with van der Waals surface area (Å²) < 4.78 is 16.2. The molecule has 0 radical (unpaired) electrons. The van der Waals surface area contributed by atoms with E-state index < -0.39 is 17.7 Å². The van der Waals surface area contributed by atoms with Crippen LogP contribution in [0.25, 0.3) is 5.76 Å². The summed E-state index contributed by atoms with van der Waals surface area (Å²) in [5.41, 5.74) is 0.881. The first kappa shape index (κ1) is 22.5. The van der Waals surface area contributed by atoms with Crippen molar-refractivity contribution in [1.29, 1.82) is 0 Å². The number of ether oxygens (including phenoxy) is 3. The van der Waals surface area contributed by atoms with E-state index in [2.05, 4.69) is 0 Å². The molecule has 2 aromatic rings. The van der Waals surface area contributed by atoms with Gasteiger partial charge in [-0.15, -0.1) is 0 Å². The second-order valence-corrected chi connectivity index (χ2v) is 8.19. The lowest BCUT2D eigenvalue weighted by Crippen LogP contribution is -2.31. The number of benzene rings is 2. The second kappa shape index (κ2) is 9.40. The van der Waals surface area contributed by atoms with Crippen molar-refractivity contribution in [3.63, 3.8) is 0 Å². The SMILES string of the molecule is COCCCN1C(=O)C(=O)C(=C(O)c2ccc3c(c2)OCCO3)C1c1ccc(Cl)c(Cl)c1. The average Bonchev–Trinajstić information content (AvgIpc) is 3.05. The first-order valence-electron chi connectivity index (χ1n) is 10.0. The molecule has 1 fully saturated rings. The molecule has 1 atom stereocenters. The summed E-state index contributed by atoms with van der Waals surface area (Å²) in [5, 5.41) is 11.8. The van der Waals surface area contributed by atoms with Gasteiger partial charge in [-0.25, -0.2) is 0 Å². The van der Waals surface area contributed by atoms with Gasteiger partial charge in [0, 0.05) is 25.8 Å². The van der Waals surface area contributed by atoms with E-state index in [9.17, 15) is 14.7 Å². The van der Waals surface area contributed by atoms with Gasteiger partial charge in [-0.2, -0.15) is 0 Å². The Labute approximate surface area is 195 Å². The summed E-state index contributed by atoms with van der Waals surface area (Å²) in [6.45, 7) is 1.49. The molecule has 7 nitrogen and oxygen atoms in total. The topological polar surface area (TPSA) is 85.3 Å². The molecule has 1 N–H and O–H groups in total. The van der Waals surface area contributed by atoms with Gasteiger partial charge in [-0.05, 0) is 42.3 Å². The summed E-state index contributed by atoms with van der Waals surface area (Å²) in [5.74, 6) is -0.762. The van der Waals surface area contributed by atoms with E-state index in [0.29, 0.717) is 53.9 Å². The quantitative estimate of drug-likeness (QED) is 0.290.